The second kappa shape index (κ2) is 13.4. The Hall–Kier alpha value is -4.55. The van der Waals surface area contributed by atoms with E-state index in [1.54, 1.807) is 12.1 Å². The Kier molecular flexibility index (Phi) is 9.25. The number of fused-ring (bicyclic) bond motifs is 1. The van der Waals surface area contributed by atoms with E-state index in [0.29, 0.717) is 29.0 Å². The number of hydrogen-bond acceptors (Lipinski definition) is 9. The number of morpholine rings is 1. The van der Waals surface area contributed by atoms with Gasteiger partial charge in [0.15, 0.2) is 28.9 Å². The van der Waals surface area contributed by atoms with Crippen LogP contribution in [-0.4, -0.2) is 74.4 Å². The first-order valence-electron chi connectivity index (χ1n) is 13.3. The van der Waals surface area contributed by atoms with Gasteiger partial charge in [0.1, 0.15) is 11.5 Å². The number of nitrogens with one attached hydrogen (secondary N) is 1. The summed E-state index contributed by atoms with van der Waals surface area (Å²) < 4.78 is 57.9. The molecule has 0 bridgehead atoms. The van der Waals surface area contributed by atoms with Crippen molar-refractivity contribution in [2.75, 3.05) is 59.0 Å². The fraction of sp³-hybridized carbons (Fsp3) is 0.300. The van der Waals surface area contributed by atoms with Gasteiger partial charge in [0.25, 0.3) is 5.91 Å². The van der Waals surface area contributed by atoms with Crippen LogP contribution in [0.1, 0.15) is 16.8 Å². The molecule has 0 spiro atoms. The minimum Gasteiger partial charge on any atom is -0.496 e. The van der Waals surface area contributed by atoms with Crippen LogP contribution in [0.3, 0.4) is 0 Å². The van der Waals surface area contributed by atoms with E-state index >= 15 is 4.39 Å². The third-order valence-electron chi connectivity index (χ3n) is 6.70. The highest BCUT2D eigenvalue weighted by Crippen LogP contribution is 2.38. The number of carbonyl (C=O) groups is 1. The normalized spacial score (nSPS) is 13.5. The molecule has 0 saturated carbocycles. The molecule has 1 fully saturated rings. The summed E-state index contributed by atoms with van der Waals surface area (Å²) in [4.78, 5) is 23.2. The van der Waals surface area contributed by atoms with Crippen molar-refractivity contribution >= 4 is 22.5 Å². The number of rotatable bonds is 11. The molecule has 42 heavy (non-hydrogen) atoms. The number of benzene rings is 2. The number of carbonyl (C=O) groups excluding carboxylic acids is 1. The second-order valence-electron chi connectivity index (χ2n) is 9.38. The summed E-state index contributed by atoms with van der Waals surface area (Å²) in [5.41, 5.74) is 0.219. The van der Waals surface area contributed by atoms with Crippen LogP contribution in [0.5, 0.6) is 28.7 Å². The third-order valence-corrected chi connectivity index (χ3v) is 6.70. The van der Waals surface area contributed by atoms with E-state index in [0.717, 1.165) is 51.4 Å². The SMILES string of the molecule is COc1cc2c(Oc3cc(F)c(NC(=O)c4cnccc4OC)cc3F)ccnc2cc1OCCCN1CCOCC1. The fourth-order valence-electron chi connectivity index (χ4n) is 4.53. The van der Waals surface area contributed by atoms with Crippen LogP contribution in [0.4, 0.5) is 14.5 Å². The van der Waals surface area contributed by atoms with Crippen LogP contribution < -0.4 is 24.3 Å². The molecule has 0 atom stereocenters. The molecule has 2 aromatic carbocycles. The molecule has 1 amide bonds. The highest BCUT2D eigenvalue weighted by atomic mass is 19.1. The molecule has 12 heteroatoms. The van der Waals surface area contributed by atoms with Gasteiger partial charge in [0, 0.05) is 61.8 Å². The van der Waals surface area contributed by atoms with Crippen molar-refractivity contribution < 1.29 is 37.3 Å². The van der Waals surface area contributed by atoms with Crippen LogP contribution in [-0.2, 0) is 4.74 Å². The first kappa shape index (κ1) is 29.0. The van der Waals surface area contributed by atoms with Crippen molar-refractivity contribution in [2.45, 2.75) is 6.42 Å². The second-order valence-corrected chi connectivity index (χ2v) is 9.38. The Labute approximate surface area is 241 Å². The minimum atomic E-state index is -0.897. The molecule has 0 radical (unpaired) electrons. The van der Waals surface area contributed by atoms with Gasteiger partial charge in [-0.25, -0.2) is 8.78 Å². The Balaban J connectivity index is 1.31. The van der Waals surface area contributed by atoms with Crippen LogP contribution in [0, 0.1) is 11.6 Å². The first-order chi connectivity index (χ1) is 20.5. The van der Waals surface area contributed by atoms with Gasteiger partial charge in [0.05, 0.1) is 50.8 Å². The molecule has 5 rings (SSSR count). The third kappa shape index (κ3) is 6.67. The zero-order chi connectivity index (χ0) is 29.5. The van der Waals surface area contributed by atoms with Crippen LogP contribution in [0.15, 0.2) is 55.0 Å². The lowest BCUT2D eigenvalue weighted by Gasteiger charge is -2.26. The molecule has 1 aliphatic rings. The van der Waals surface area contributed by atoms with E-state index in [1.807, 2.05) is 0 Å². The molecular weight excluding hydrogens is 550 g/mol. The van der Waals surface area contributed by atoms with Gasteiger partial charge in [-0.1, -0.05) is 0 Å². The molecule has 4 aromatic rings. The number of pyridine rings is 2. The van der Waals surface area contributed by atoms with E-state index in [2.05, 4.69) is 20.2 Å². The number of methoxy groups -OCH3 is 2. The van der Waals surface area contributed by atoms with Gasteiger partial charge in [-0.3, -0.25) is 19.7 Å². The summed E-state index contributed by atoms with van der Waals surface area (Å²) in [6.07, 6.45) is 5.04. The molecule has 0 unspecified atom stereocenters. The Morgan fingerprint density at radius 1 is 0.952 bits per heavy atom. The predicted octanol–water partition coefficient (Wildman–Crippen LogP) is 5.07. The Morgan fingerprint density at radius 2 is 1.74 bits per heavy atom. The quantitative estimate of drug-likeness (QED) is 0.244. The number of hydrogen-bond donors (Lipinski definition) is 1. The van der Waals surface area contributed by atoms with E-state index in [1.165, 1.54) is 44.9 Å². The number of anilines is 1. The highest BCUT2D eigenvalue weighted by Gasteiger charge is 2.19. The lowest BCUT2D eigenvalue weighted by atomic mass is 10.1. The topological polar surface area (TPSA) is 104 Å². The van der Waals surface area contributed by atoms with Crippen molar-refractivity contribution in [2.24, 2.45) is 0 Å². The fourth-order valence-corrected chi connectivity index (χ4v) is 4.53. The largest absolute Gasteiger partial charge is 0.496 e. The summed E-state index contributed by atoms with van der Waals surface area (Å²) >= 11 is 0. The molecule has 1 saturated heterocycles. The molecule has 0 aliphatic carbocycles. The molecule has 220 valence electrons. The zero-order valence-corrected chi connectivity index (χ0v) is 23.2. The number of ether oxygens (including phenoxy) is 5. The minimum absolute atomic E-state index is 0.0674. The summed E-state index contributed by atoms with van der Waals surface area (Å²) in [7, 11) is 2.90. The number of halogens is 2. The number of amides is 1. The summed E-state index contributed by atoms with van der Waals surface area (Å²) in [6, 6.07) is 8.13. The summed E-state index contributed by atoms with van der Waals surface area (Å²) in [5, 5.41) is 2.86. The maximum atomic E-state index is 15.1. The van der Waals surface area contributed by atoms with Gasteiger partial charge in [-0.05, 0) is 24.6 Å². The van der Waals surface area contributed by atoms with Gasteiger partial charge in [0.2, 0.25) is 0 Å². The van der Waals surface area contributed by atoms with Gasteiger partial charge in [-0.15, -0.1) is 0 Å². The molecule has 1 aliphatic heterocycles. The van der Waals surface area contributed by atoms with Gasteiger partial charge >= 0.3 is 0 Å². The van der Waals surface area contributed by atoms with E-state index in [-0.39, 0.29) is 28.5 Å². The Bertz CT molecular complexity index is 1560. The molecule has 2 aromatic heterocycles. The van der Waals surface area contributed by atoms with Crippen molar-refractivity contribution in [3.8, 4) is 28.7 Å². The maximum Gasteiger partial charge on any atom is 0.261 e. The van der Waals surface area contributed by atoms with Crippen LogP contribution >= 0.6 is 0 Å². The number of nitrogens with zero attached hydrogens (tertiary/aromatic N) is 3. The molecule has 3 heterocycles. The van der Waals surface area contributed by atoms with E-state index in [9.17, 15) is 9.18 Å². The van der Waals surface area contributed by atoms with Crippen molar-refractivity contribution in [3.63, 3.8) is 0 Å². The predicted molar refractivity (Wildman–Crippen MR) is 151 cm³/mol. The van der Waals surface area contributed by atoms with Crippen LogP contribution in [0.2, 0.25) is 0 Å². The van der Waals surface area contributed by atoms with Crippen molar-refractivity contribution in [1.29, 1.82) is 0 Å². The summed E-state index contributed by atoms with van der Waals surface area (Å²) in [5.74, 6) is -1.44. The average molecular weight is 581 g/mol. The van der Waals surface area contributed by atoms with Crippen LogP contribution in [0.25, 0.3) is 10.9 Å². The van der Waals surface area contributed by atoms with Gasteiger partial charge in [-0.2, -0.15) is 0 Å². The standard InChI is InChI=1S/C30H30F2N4O6/c1-38-25-4-6-33-18-20(25)30(37)35-24-15-22(32)27(16-21(24)31)42-26-5-7-34-23-17-29(28(39-2)14-19(23)26)41-11-3-8-36-9-12-40-13-10-36/h4-7,14-18H,3,8-13H2,1-2H3,(H,35,37). The number of aromatic nitrogens is 2. The summed E-state index contributed by atoms with van der Waals surface area (Å²) in [6.45, 7) is 4.69. The Morgan fingerprint density at radius 3 is 2.52 bits per heavy atom. The maximum absolute atomic E-state index is 15.1. The van der Waals surface area contributed by atoms with E-state index in [4.69, 9.17) is 23.7 Å². The van der Waals surface area contributed by atoms with E-state index < -0.39 is 17.5 Å². The van der Waals surface area contributed by atoms with Gasteiger partial charge < -0.3 is 29.0 Å². The zero-order valence-electron chi connectivity index (χ0n) is 23.2. The van der Waals surface area contributed by atoms with Crippen molar-refractivity contribution in [1.82, 2.24) is 14.9 Å². The smallest absolute Gasteiger partial charge is 0.261 e. The lowest BCUT2D eigenvalue weighted by Crippen LogP contribution is -2.37. The first-order valence-corrected chi connectivity index (χ1v) is 13.3. The molecule has 1 N–H and O–H groups in total. The average Bonchev–Trinajstić information content (AvgIpc) is 3.01. The highest BCUT2D eigenvalue weighted by molar-refractivity contribution is 6.06. The lowest BCUT2D eigenvalue weighted by molar-refractivity contribution is 0.0357. The van der Waals surface area contributed by atoms with Crippen molar-refractivity contribution in [3.05, 3.63) is 72.2 Å². The molecule has 10 nitrogen and oxygen atoms in total. The monoisotopic (exact) mass is 580 g/mol. The molecular formula is C30H30F2N4O6.